The molecular formula is C31H26O6. The first-order valence-electron chi connectivity index (χ1n) is 11.8. The molecule has 0 atom stereocenters. The summed E-state index contributed by atoms with van der Waals surface area (Å²) in [5, 5.41) is 2.41. The number of carbonyl (C=O) groups excluding carboxylic acids is 1. The van der Waals surface area contributed by atoms with Gasteiger partial charge in [0, 0.05) is 11.1 Å². The topological polar surface area (TPSA) is 75.0 Å². The van der Waals surface area contributed by atoms with Gasteiger partial charge < -0.3 is 18.6 Å². The second-order valence-corrected chi connectivity index (χ2v) is 8.89. The van der Waals surface area contributed by atoms with Crippen molar-refractivity contribution < 1.29 is 23.4 Å². The third-order valence-electron chi connectivity index (χ3n) is 6.36. The lowest BCUT2D eigenvalue weighted by atomic mass is 10.0. The lowest BCUT2D eigenvalue weighted by molar-refractivity contribution is 0.0920. The number of ketones is 1. The second-order valence-electron chi connectivity index (χ2n) is 8.89. The van der Waals surface area contributed by atoms with Gasteiger partial charge in [-0.25, -0.2) is 0 Å². The smallest absolute Gasteiger partial charge is 0.235 e. The standard InChI is InChI=1S/C31H26O6/c1-18-13-19(2)28-27(14-18)37-30(23-11-12-25(34-3)26(16-23)35-4)31(29(28)33)36-17-24(32)22-10-9-20-7-5-6-8-21(20)15-22/h5-16H,17H2,1-4H3. The molecule has 0 N–H and O–H groups in total. The van der Waals surface area contributed by atoms with Crippen molar-refractivity contribution in [3.8, 4) is 28.6 Å². The number of carbonyl (C=O) groups is 1. The van der Waals surface area contributed by atoms with Gasteiger partial charge in [0.2, 0.25) is 11.2 Å². The quantitative estimate of drug-likeness (QED) is 0.240. The van der Waals surface area contributed by atoms with E-state index in [1.807, 2.05) is 62.4 Å². The summed E-state index contributed by atoms with van der Waals surface area (Å²) in [6.45, 7) is 3.47. The van der Waals surface area contributed by atoms with Crippen LogP contribution in [0.2, 0.25) is 0 Å². The Balaban J connectivity index is 1.60. The summed E-state index contributed by atoms with van der Waals surface area (Å²) in [6, 6.07) is 22.2. The summed E-state index contributed by atoms with van der Waals surface area (Å²) in [7, 11) is 3.08. The van der Waals surface area contributed by atoms with E-state index in [9.17, 15) is 9.59 Å². The van der Waals surface area contributed by atoms with Crippen LogP contribution in [0.5, 0.6) is 17.2 Å². The van der Waals surface area contributed by atoms with Gasteiger partial charge in [0.15, 0.2) is 29.6 Å². The normalized spacial score (nSPS) is 11.0. The lowest BCUT2D eigenvalue weighted by Gasteiger charge is -2.14. The highest BCUT2D eigenvalue weighted by Gasteiger charge is 2.22. The minimum atomic E-state index is -0.338. The minimum absolute atomic E-state index is 0.0270. The molecule has 0 aliphatic rings. The zero-order chi connectivity index (χ0) is 26.1. The third kappa shape index (κ3) is 4.54. The SMILES string of the molecule is COc1ccc(-c2oc3cc(C)cc(C)c3c(=O)c2OCC(=O)c2ccc3ccccc3c2)cc1OC. The number of Topliss-reactive ketones (excluding diaryl/α,β-unsaturated/α-hetero) is 1. The fraction of sp³-hybridized carbons (Fsp3) is 0.161. The monoisotopic (exact) mass is 494 g/mol. The summed E-state index contributed by atoms with van der Waals surface area (Å²) in [5.74, 6) is 0.955. The largest absolute Gasteiger partial charge is 0.493 e. The predicted molar refractivity (Wildman–Crippen MR) is 144 cm³/mol. The van der Waals surface area contributed by atoms with Crippen molar-refractivity contribution in [3.05, 3.63) is 99.7 Å². The van der Waals surface area contributed by atoms with Gasteiger partial charge in [-0.3, -0.25) is 9.59 Å². The molecule has 37 heavy (non-hydrogen) atoms. The molecule has 0 unspecified atom stereocenters. The van der Waals surface area contributed by atoms with E-state index >= 15 is 0 Å². The molecule has 0 bridgehead atoms. The minimum Gasteiger partial charge on any atom is -0.493 e. The number of aryl methyl sites for hydroxylation is 2. The van der Waals surface area contributed by atoms with E-state index < -0.39 is 0 Å². The highest BCUT2D eigenvalue weighted by atomic mass is 16.5. The molecule has 0 saturated carbocycles. The molecule has 0 radical (unpaired) electrons. The van der Waals surface area contributed by atoms with E-state index in [-0.39, 0.29) is 29.3 Å². The third-order valence-corrected chi connectivity index (χ3v) is 6.36. The van der Waals surface area contributed by atoms with Crippen LogP contribution < -0.4 is 19.6 Å². The molecule has 0 amide bonds. The predicted octanol–water partition coefficient (Wildman–Crippen LogP) is 6.51. The zero-order valence-corrected chi connectivity index (χ0v) is 21.1. The molecule has 0 fully saturated rings. The van der Waals surface area contributed by atoms with E-state index in [1.165, 1.54) is 7.11 Å². The maximum absolute atomic E-state index is 13.7. The van der Waals surface area contributed by atoms with Crippen molar-refractivity contribution in [1.82, 2.24) is 0 Å². The van der Waals surface area contributed by atoms with Crippen molar-refractivity contribution in [3.63, 3.8) is 0 Å². The van der Waals surface area contributed by atoms with Gasteiger partial charge in [-0.1, -0.05) is 42.5 Å². The fourth-order valence-corrected chi connectivity index (χ4v) is 4.56. The summed E-state index contributed by atoms with van der Waals surface area (Å²) >= 11 is 0. The van der Waals surface area contributed by atoms with Crippen molar-refractivity contribution >= 4 is 27.5 Å². The van der Waals surface area contributed by atoms with Crippen molar-refractivity contribution in [2.75, 3.05) is 20.8 Å². The highest BCUT2D eigenvalue weighted by molar-refractivity contribution is 6.01. The molecule has 0 aliphatic heterocycles. The van der Waals surface area contributed by atoms with E-state index in [1.54, 1.807) is 31.4 Å². The number of hydrogen-bond acceptors (Lipinski definition) is 6. The molecule has 186 valence electrons. The van der Waals surface area contributed by atoms with E-state index in [0.29, 0.717) is 33.6 Å². The zero-order valence-electron chi connectivity index (χ0n) is 21.1. The molecule has 5 rings (SSSR count). The molecule has 6 nitrogen and oxygen atoms in total. The molecule has 1 aromatic heterocycles. The Morgan fingerprint density at radius 1 is 0.838 bits per heavy atom. The summed E-state index contributed by atoms with van der Waals surface area (Å²) in [5.41, 5.74) is 2.91. The Morgan fingerprint density at radius 2 is 1.59 bits per heavy atom. The van der Waals surface area contributed by atoms with Crippen LogP contribution in [0.25, 0.3) is 33.1 Å². The van der Waals surface area contributed by atoms with Crippen LogP contribution in [0, 0.1) is 13.8 Å². The first-order chi connectivity index (χ1) is 17.9. The van der Waals surface area contributed by atoms with Crippen LogP contribution in [0.4, 0.5) is 0 Å². The van der Waals surface area contributed by atoms with Gasteiger partial charge in [-0.15, -0.1) is 0 Å². The van der Waals surface area contributed by atoms with Crippen LogP contribution in [0.15, 0.2) is 82.0 Å². The molecular weight excluding hydrogens is 468 g/mol. The molecule has 5 aromatic rings. The summed E-state index contributed by atoms with van der Waals surface area (Å²) in [4.78, 5) is 26.8. The molecule has 1 heterocycles. The van der Waals surface area contributed by atoms with Crippen LogP contribution in [-0.2, 0) is 0 Å². The van der Waals surface area contributed by atoms with Gasteiger partial charge in [-0.2, -0.15) is 0 Å². The van der Waals surface area contributed by atoms with Crippen LogP contribution in [-0.4, -0.2) is 26.6 Å². The average Bonchev–Trinajstić information content (AvgIpc) is 2.91. The Morgan fingerprint density at radius 3 is 2.35 bits per heavy atom. The van der Waals surface area contributed by atoms with E-state index in [0.717, 1.165) is 21.9 Å². The maximum Gasteiger partial charge on any atom is 0.235 e. The number of rotatable bonds is 7. The Labute approximate surface area is 214 Å². The molecule has 0 aliphatic carbocycles. The number of ether oxygens (including phenoxy) is 3. The first-order valence-corrected chi connectivity index (χ1v) is 11.8. The van der Waals surface area contributed by atoms with Crippen molar-refractivity contribution in [2.24, 2.45) is 0 Å². The maximum atomic E-state index is 13.7. The van der Waals surface area contributed by atoms with Gasteiger partial charge in [0.1, 0.15) is 5.58 Å². The van der Waals surface area contributed by atoms with E-state index in [4.69, 9.17) is 18.6 Å². The van der Waals surface area contributed by atoms with Crippen molar-refractivity contribution in [2.45, 2.75) is 13.8 Å². The first kappa shape index (κ1) is 24.1. The molecule has 0 spiro atoms. The molecule has 0 saturated heterocycles. The lowest BCUT2D eigenvalue weighted by Crippen LogP contribution is -2.17. The van der Waals surface area contributed by atoms with Gasteiger partial charge >= 0.3 is 0 Å². The number of methoxy groups -OCH3 is 2. The highest BCUT2D eigenvalue weighted by Crippen LogP contribution is 2.37. The van der Waals surface area contributed by atoms with Crippen LogP contribution in [0.3, 0.4) is 0 Å². The Bertz CT molecular complexity index is 1710. The van der Waals surface area contributed by atoms with Crippen molar-refractivity contribution in [1.29, 1.82) is 0 Å². The van der Waals surface area contributed by atoms with Crippen LogP contribution >= 0.6 is 0 Å². The van der Waals surface area contributed by atoms with Gasteiger partial charge in [0.05, 0.1) is 19.6 Å². The summed E-state index contributed by atoms with van der Waals surface area (Å²) < 4.78 is 23.0. The number of hydrogen-bond donors (Lipinski definition) is 0. The van der Waals surface area contributed by atoms with Gasteiger partial charge in [0.25, 0.3) is 0 Å². The fourth-order valence-electron chi connectivity index (χ4n) is 4.56. The Kier molecular flexibility index (Phi) is 6.40. The summed E-state index contributed by atoms with van der Waals surface area (Å²) in [6.07, 6.45) is 0. The van der Waals surface area contributed by atoms with Crippen LogP contribution in [0.1, 0.15) is 21.5 Å². The Hall–Kier alpha value is -4.58. The molecule has 4 aromatic carbocycles. The number of fused-ring (bicyclic) bond motifs is 2. The van der Waals surface area contributed by atoms with E-state index in [2.05, 4.69) is 0 Å². The average molecular weight is 495 g/mol. The number of benzene rings is 4. The second kappa shape index (κ2) is 9.82. The van der Waals surface area contributed by atoms with Gasteiger partial charge in [-0.05, 0) is 66.1 Å². The molecule has 6 heteroatoms.